The molecule has 2 atom stereocenters. The standard InChI is InChI=1S/C18H19N3O4/c1-2-11-9-15(22)21-16(19-11)10-4-3-5-12(8-10)20-17(23)13-6-7-14(13)18(24)25/h3-5,8-9,13-14H,2,6-7H2,1H3,(H,20,23)(H,24,25)(H,19,21,22). The molecule has 25 heavy (non-hydrogen) atoms. The summed E-state index contributed by atoms with van der Waals surface area (Å²) in [6, 6.07) is 8.43. The number of nitrogens with one attached hydrogen (secondary N) is 2. The number of rotatable bonds is 5. The average molecular weight is 341 g/mol. The zero-order chi connectivity index (χ0) is 18.0. The number of anilines is 1. The number of hydrogen-bond acceptors (Lipinski definition) is 4. The number of carboxylic acid groups (broad SMARTS) is 1. The highest BCUT2D eigenvalue weighted by atomic mass is 16.4. The Morgan fingerprint density at radius 3 is 2.68 bits per heavy atom. The number of aryl methyl sites for hydroxylation is 1. The molecule has 7 heteroatoms. The number of aromatic nitrogens is 2. The molecule has 2 aromatic rings. The molecule has 0 aliphatic heterocycles. The maximum Gasteiger partial charge on any atom is 0.307 e. The third kappa shape index (κ3) is 3.60. The first kappa shape index (κ1) is 16.9. The van der Waals surface area contributed by atoms with Gasteiger partial charge in [-0.25, -0.2) is 4.98 Å². The van der Waals surface area contributed by atoms with Crippen LogP contribution in [0.15, 0.2) is 35.1 Å². The quantitative estimate of drug-likeness (QED) is 0.770. The number of aliphatic carboxylic acids is 1. The van der Waals surface area contributed by atoms with Gasteiger partial charge in [0.25, 0.3) is 5.56 Å². The van der Waals surface area contributed by atoms with Gasteiger partial charge in [-0.1, -0.05) is 19.1 Å². The van der Waals surface area contributed by atoms with Crippen molar-refractivity contribution >= 4 is 17.6 Å². The van der Waals surface area contributed by atoms with E-state index in [1.54, 1.807) is 24.3 Å². The summed E-state index contributed by atoms with van der Waals surface area (Å²) in [6.45, 7) is 1.92. The number of H-pyrrole nitrogens is 1. The second kappa shape index (κ2) is 6.88. The van der Waals surface area contributed by atoms with Crippen molar-refractivity contribution in [2.75, 3.05) is 5.32 Å². The van der Waals surface area contributed by atoms with Crippen LogP contribution in [0, 0.1) is 11.8 Å². The predicted molar refractivity (Wildman–Crippen MR) is 92.2 cm³/mol. The van der Waals surface area contributed by atoms with Crippen molar-refractivity contribution in [3.63, 3.8) is 0 Å². The van der Waals surface area contributed by atoms with Crippen LogP contribution in [0.3, 0.4) is 0 Å². The highest BCUT2D eigenvalue weighted by Crippen LogP contribution is 2.35. The van der Waals surface area contributed by atoms with Gasteiger partial charge >= 0.3 is 5.97 Å². The lowest BCUT2D eigenvalue weighted by Gasteiger charge is -2.31. The second-order valence-electron chi connectivity index (χ2n) is 6.14. The van der Waals surface area contributed by atoms with Crippen LogP contribution >= 0.6 is 0 Å². The van der Waals surface area contributed by atoms with Crippen molar-refractivity contribution in [1.82, 2.24) is 9.97 Å². The normalized spacial score (nSPS) is 19.1. The molecular formula is C18H19N3O4. The van der Waals surface area contributed by atoms with Gasteiger partial charge in [0, 0.05) is 23.0 Å². The number of carbonyl (C=O) groups is 2. The Hall–Kier alpha value is -2.96. The fourth-order valence-corrected chi connectivity index (χ4v) is 2.91. The summed E-state index contributed by atoms with van der Waals surface area (Å²) in [4.78, 5) is 42.1. The van der Waals surface area contributed by atoms with Crippen LogP contribution in [-0.2, 0) is 16.0 Å². The number of benzene rings is 1. The molecule has 0 saturated heterocycles. The van der Waals surface area contributed by atoms with E-state index in [4.69, 9.17) is 5.11 Å². The summed E-state index contributed by atoms with van der Waals surface area (Å²) < 4.78 is 0. The van der Waals surface area contributed by atoms with E-state index in [2.05, 4.69) is 15.3 Å². The van der Waals surface area contributed by atoms with E-state index >= 15 is 0 Å². The summed E-state index contributed by atoms with van der Waals surface area (Å²) in [7, 11) is 0. The number of nitrogens with zero attached hydrogens (tertiary/aromatic N) is 1. The van der Waals surface area contributed by atoms with Crippen molar-refractivity contribution in [3.8, 4) is 11.4 Å². The van der Waals surface area contributed by atoms with E-state index in [9.17, 15) is 14.4 Å². The van der Waals surface area contributed by atoms with Crippen LogP contribution in [0.5, 0.6) is 0 Å². The van der Waals surface area contributed by atoms with Crippen LogP contribution < -0.4 is 10.9 Å². The number of carbonyl (C=O) groups excluding carboxylic acids is 1. The maximum atomic E-state index is 12.3. The zero-order valence-electron chi connectivity index (χ0n) is 13.8. The van der Waals surface area contributed by atoms with E-state index in [1.807, 2.05) is 6.92 Å². The third-order valence-corrected chi connectivity index (χ3v) is 4.49. The Morgan fingerprint density at radius 1 is 1.28 bits per heavy atom. The van der Waals surface area contributed by atoms with Gasteiger partial charge < -0.3 is 15.4 Å². The molecule has 0 spiro atoms. The van der Waals surface area contributed by atoms with Crippen LogP contribution in [0.1, 0.15) is 25.5 Å². The minimum atomic E-state index is -0.932. The minimum Gasteiger partial charge on any atom is -0.481 e. The monoisotopic (exact) mass is 341 g/mol. The molecule has 2 unspecified atom stereocenters. The van der Waals surface area contributed by atoms with Crippen LogP contribution in [-0.4, -0.2) is 27.0 Å². The minimum absolute atomic E-state index is 0.227. The van der Waals surface area contributed by atoms with Crippen molar-refractivity contribution in [1.29, 1.82) is 0 Å². The van der Waals surface area contributed by atoms with E-state index < -0.39 is 17.8 Å². The number of aromatic amines is 1. The lowest BCUT2D eigenvalue weighted by molar-refractivity contribution is -0.151. The first-order valence-electron chi connectivity index (χ1n) is 8.22. The fourth-order valence-electron chi connectivity index (χ4n) is 2.91. The predicted octanol–water partition coefficient (Wildman–Crippen LogP) is 2.05. The van der Waals surface area contributed by atoms with E-state index in [1.165, 1.54) is 6.07 Å². The van der Waals surface area contributed by atoms with Crippen molar-refractivity contribution in [3.05, 3.63) is 46.4 Å². The molecule has 0 bridgehead atoms. The number of amides is 1. The molecular weight excluding hydrogens is 322 g/mol. The lowest BCUT2D eigenvalue weighted by Crippen LogP contribution is -2.41. The SMILES string of the molecule is CCc1cc(=O)[nH]c(-c2cccc(NC(=O)C3CCC3C(=O)O)c2)n1. The highest BCUT2D eigenvalue weighted by Gasteiger charge is 2.41. The lowest BCUT2D eigenvalue weighted by atomic mass is 9.73. The number of hydrogen-bond donors (Lipinski definition) is 3. The Balaban J connectivity index is 1.80. The fraction of sp³-hybridized carbons (Fsp3) is 0.333. The molecule has 0 radical (unpaired) electrons. The Labute approximate surface area is 144 Å². The molecule has 3 N–H and O–H groups in total. The zero-order valence-corrected chi connectivity index (χ0v) is 13.8. The van der Waals surface area contributed by atoms with Gasteiger partial charge in [0.05, 0.1) is 11.8 Å². The summed E-state index contributed by atoms with van der Waals surface area (Å²) in [5, 5.41) is 11.8. The maximum absolute atomic E-state index is 12.3. The average Bonchev–Trinajstić information content (AvgIpc) is 2.52. The van der Waals surface area contributed by atoms with E-state index in [-0.39, 0.29) is 11.5 Å². The molecule has 1 heterocycles. The topological polar surface area (TPSA) is 112 Å². The first-order chi connectivity index (χ1) is 12.0. The second-order valence-corrected chi connectivity index (χ2v) is 6.14. The van der Waals surface area contributed by atoms with E-state index in [0.29, 0.717) is 42.0 Å². The molecule has 7 nitrogen and oxygen atoms in total. The van der Waals surface area contributed by atoms with Crippen molar-refractivity contribution in [2.24, 2.45) is 11.8 Å². The van der Waals surface area contributed by atoms with Gasteiger partial charge in [-0.2, -0.15) is 0 Å². The molecule has 1 aliphatic carbocycles. The Kier molecular flexibility index (Phi) is 4.65. The van der Waals surface area contributed by atoms with Gasteiger partial charge in [0.15, 0.2) is 0 Å². The summed E-state index contributed by atoms with van der Waals surface area (Å²) in [5.74, 6) is -1.89. The molecule has 1 amide bonds. The summed E-state index contributed by atoms with van der Waals surface area (Å²) >= 11 is 0. The smallest absolute Gasteiger partial charge is 0.307 e. The molecule has 1 fully saturated rings. The van der Waals surface area contributed by atoms with Gasteiger partial charge in [-0.05, 0) is 31.4 Å². The molecule has 1 aliphatic rings. The van der Waals surface area contributed by atoms with Gasteiger partial charge in [0.2, 0.25) is 5.91 Å². The van der Waals surface area contributed by atoms with Gasteiger partial charge in [-0.3, -0.25) is 14.4 Å². The molecule has 1 saturated carbocycles. The summed E-state index contributed by atoms with van der Waals surface area (Å²) in [5.41, 5.74) is 1.68. The Bertz CT molecular complexity index is 875. The molecule has 1 aromatic carbocycles. The summed E-state index contributed by atoms with van der Waals surface area (Å²) in [6.07, 6.45) is 1.75. The van der Waals surface area contributed by atoms with E-state index in [0.717, 1.165) is 0 Å². The molecule has 1 aromatic heterocycles. The van der Waals surface area contributed by atoms with Gasteiger partial charge in [-0.15, -0.1) is 0 Å². The van der Waals surface area contributed by atoms with Gasteiger partial charge in [0.1, 0.15) is 5.82 Å². The largest absolute Gasteiger partial charge is 0.481 e. The first-order valence-corrected chi connectivity index (χ1v) is 8.22. The third-order valence-electron chi connectivity index (χ3n) is 4.49. The molecule has 3 rings (SSSR count). The van der Waals surface area contributed by atoms with Crippen molar-refractivity contribution < 1.29 is 14.7 Å². The molecule has 130 valence electrons. The van der Waals surface area contributed by atoms with Crippen LogP contribution in [0.25, 0.3) is 11.4 Å². The highest BCUT2D eigenvalue weighted by molar-refractivity contribution is 5.96. The Morgan fingerprint density at radius 2 is 2.04 bits per heavy atom. The van der Waals surface area contributed by atoms with Crippen LogP contribution in [0.2, 0.25) is 0 Å². The van der Waals surface area contributed by atoms with Crippen molar-refractivity contribution in [2.45, 2.75) is 26.2 Å². The van der Waals surface area contributed by atoms with Crippen LogP contribution in [0.4, 0.5) is 5.69 Å². The number of carboxylic acids is 1.